The number of carbonyl (C=O) groups excluding carboxylic acids is 2. The van der Waals surface area contributed by atoms with E-state index in [1.54, 1.807) is 12.1 Å². The lowest BCUT2D eigenvalue weighted by atomic mass is 10.0. The van der Waals surface area contributed by atoms with Crippen molar-refractivity contribution in [1.29, 1.82) is 0 Å². The molecule has 1 atom stereocenters. The summed E-state index contributed by atoms with van der Waals surface area (Å²) in [5, 5.41) is 3.39. The van der Waals surface area contributed by atoms with Gasteiger partial charge in [0.1, 0.15) is 12.6 Å². The summed E-state index contributed by atoms with van der Waals surface area (Å²) in [6.45, 7) is 5.84. The summed E-state index contributed by atoms with van der Waals surface area (Å²) in [5.41, 5.74) is 3.79. The van der Waals surface area contributed by atoms with E-state index in [1.165, 1.54) is 35.2 Å². The first-order chi connectivity index (χ1) is 22.0. The molecule has 10 heteroatoms. The van der Waals surface area contributed by atoms with Gasteiger partial charge in [0.2, 0.25) is 11.8 Å². The smallest absolute Gasteiger partial charge is 0.264 e. The maximum Gasteiger partial charge on any atom is 0.264 e. The first-order valence-corrected chi connectivity index (χ1v) is 17.4. The second kappa shape index (κ2) is 16.1. The van der Waals surface area contributed by atoms with Crippen molar-refractivity contribution in [3.63, 3.8) is 0 Å². The largest absolute Gasteiger partial charge is 0.354 e. The summed E-state index contributed by atoms with van der Waals surface area (Å²) in [6.07, 6.45) is 1.93. The molecular weight excluding hydrogens is 641 g/mol. The van der Waals surface area contributed by atoms with Crippen LogP contribution in [0.25, 0.3) is 0 Å². The first-order valence-electron chi connectivity index (χ1n) is 15.2. The van der Waals surface area contributed by atoms with E-state index in [9.17, 15) is 18.0 Å². The van der Waals surface area contributed by atoms with Crippen LogP contribution in [0.5, 0.6) is 0 Å². The summed E-state index contributed by atoms with van der Waals surface area (Å²) in [7, 11) is -4.25. The molecule has 242 valence electrons. The molecule has 0 aliphatic carbocycles. The van der Waals surface area contributed by atoms with Crippen LogP contribution in [0, 0.1) is 13.8 Å². The molecule has 0 bridgehead atoms. The minimum absolute atomic E-state index is 0.0141. The third-order valence-corrected chi connectivity index (χ3v) is 10.2. The summed E-state index contributed by atoms with van der Waals surface area (Å²) in [6, 6.07) is 27.1. The normalized spacial score (nSPS) is 11.9. The number of anilines is 1. The highest BCUT2D eigenvalue weighted by Gasteiger charge is 2.34. The topological polar surface area (TPSA) is 86.8 Å². The van der Waals surface area contributed by atoms with Crippen LogP contribution in [0.3, 0.4) is 0 Å². The number of hydrogen-bond donors (Lipinski definition) is 1. The third-order valence-electron chi connectivity index (χ3n) is 7.65. The van der Waals surface area contributed by atoms with Gasteiger partial charge in [-0.05, 0) is 61.7 Å². The van der Waals surface area contributed by atoms with Gasteiger partial charge in [0.15, 0.2) is 0 Å². The van der Waals surface area contributed by atoms with Gasteiger partial charge in [0.05, 0.1) is 20.6 Å². The highest BCUT2D eigenvalue weighted by molar-refractivity contribution is 7.92. The number of sulfonamides is 1. The zero-order chi connectivity index (χ0) is 33.3. The number of rotatable bonds is 14. The fourth-order valence-electron chi connectivity index (χ4n) is 4.96. The average Bonchev–Trinajstić information content (AvgIpc) is 3.04. The minimum atomic E-state index is -4.25. The number of nitrogens with one attached hydrogen (secondary N) is 1. The number of aryl methyl sites for hydroxylation is 2. The molecule has 4 aromatic carbocycles. The molecule has 0 radical (unpaired) electrons. The lowest BCUT2D eigenvalue weighted by Gasteiger charge is -2.34. The maximum atomic E-state index is 14.5. The van der Waals surface area contributed by atoms with Crippen LogP contribution in [-0.4, -0.2) is 44.3 Å². The lowest BCUT2D eigenvalue weighted by Crippen LogP contribution is -2.53. The SMILES string of the molecule is CCCCNC(=O)[C@H](Cc1ccccc1)N(Cc1ccc(C)cc1)C(=O)CN(c1ccc(Cl)c(Cl)c1)S(=O)(=O)c1ccc(C)cc1. The van der Waals surface area contributed by atoms with Gasteiger partial charge < -0.3 is 10.2 Å². The number of unbranched alkanes of at least 4 members (excludes halogenated alkanes) is 1. The molecule has 0 unspecified atom stereocenters. The van der Waals surface area contributed by atoms with Crippen molar-refractivity contribution in [3.05, 3.63) is 129 Å². The molecule has 0 aliphatic rings. The molecule has 0 saturated carbocycles. The molecule has 1 N–H and O–H groups in total. The van der Waals surface area contributed by atoms with Gasteiger partial charge in [-0.15, -0.1) is 0 Å². The van der Waals surface area contributed by atoms with Crippen molar-refractivity contribution in [2.75, 3.05) is 17.4 Å². The van der Waals surface area contributed by atoms with E-state index in [2.05, 4.69) is 5.32 Å². The number of halogens is 2. The quantitative estimate of drug-likeness (QED) is 0.141. The van der Waals surface area contributed by atoms with E-state index < -0.39 is 28.5 Å². The Kier molecular flexibility index (Phi) is 12.3. The van der Waals surface area contributed by atoms with Gasteiger partial charge in [-0.1, -0.05) is 114 Å². The molecule has 4 rings (SSSR count). The van der Waals surface area contributed by atoms with Crippen molar-refractivity contribution in [2.45, 2.75) is 57.5 Å². The number of amides is 2. The molecule has 0 aromatic heterocycles. The van der Waals surface area contributed by atoms with E-state index in [-0.39, 0.29) is 39.5 Å². The van der Waals surface area contributed by atoms with Crippen molar-refractivity contribution in [2.24, 2.45) is 0 Å². The number of benzene rings is 4. The fourth-order valence-corrected chi connectivity index (χ4v) is 6.66. The fraction of sp³-hybridized carbons (Fsp3) is 0.278. The van der Waals surface area contributed by atoms with Crippen molar-refractivity contribution >= 4 is 50.7 Å². The number of nitrogens with zero attached hydrogens (tertiary/aromatic N) is 2. The Morgan fingerprint density at radius 3 is 2.04 bits per heavy atom. The van der Waals surface area contributed by atoms with Crippen LogP contribution in [0.4, 0.5) is 5.69 Å². The second-order valence-electron chi connectivity index (χ2n) is 11.3. The van der Waals surface area contributed by atoms with Crippen molar-refractivity contribution in [1.82, 2.24) is 10.2 Å². The van der Waals surface area contributed by atoms with Crippen LogP contribution >= 0.6 is 23.2 Å². The molecule has 0 spiro atoms. The average molecular weight is 681 g/mol. The summed E-state index contributed by atoms with van der Waals surface area (Å²) < 4.78 is 29.4. The Labute approximate surface area is 282 Å². The molecule has 0 aliphatic heterocycles. The van der Waals surface area contributed by atoms with Gasteiger partial charge in [-0.3, -0.25) is 13.9 Å². The molecule has 4 aromatic rings. The predicted octanol–water partition coefficient (Wildman–Crippen LogP) is 7.36. The Morgan fingerprint density at radius 2 is 1.43 bits per heavy atom. The molecule has 0 heterocycles. The third kappa shape index (κ3) is 9.12. The Morgan fingerprint density at radius 1 is 0.804 bits per heavy atom. The molecular formula is C36H39Cl2N3O4S. The van der Waals surface area contributed by atoms with E-state index in [1.807, 2.05) is 75.4 Å². The van der Waals surface area contributed by atoms with Gasteiger partial charge in [0, 0.05) is 19.5 Å². The van der Waals surface area contributed by atoms with Crippen molar-refractivity contribution < 1.29 is 18.0 Å². The van der Waals surface area contributed by atoms with Gasteiger partial charge in [-0.25, -0.2) is 8.42 Å². The van der Waals surface area contributed by atoms with Crippen LogP contribution in [0.2, 0.25) is 10.0 Å². The first kappa shape index (κ1) is 35.0. The lowest BCUT2D eigenvalue weighted by molar-refractivity contribution is -0.140. The monoisotopic (exact) mass is 679 g/mol. The number of hydrogen-bond acceptors (Lipinski definition) is 4. The Hall–Kier alpha value is -3.85. The zero-order valence-corrected chi connectivity index (χ0v) is 28.6. The van der Waals surface area contributed by atoms with Crippen LogP contribution in [0.15, 0.2) is 102 Å². The van der Waals surface area contributed by atoms with Crippen LogP contribution in [-0.2, 0) is 32.6 Å². The van der Waals surface area contributed by atoms with Crippen molar-refractivity contribution in [3.8, 4) is 0 Å². The predicted molar refractivity (Wildman–Crippen MR) is 186 cm³/mol. The minimum Gasteiger partial charge on any atom is -0.354 e. The molecule has 0 saturated heterocycles. The van der Waals surface area contributed by atoms with E-state index in [4.69, 9.17) is 23.2 Å². The highest BCUT2D eigenvalue weighted by atomic mass is 35.5. The summed E-state index contributed by atoms with van der Waals surface area (Å²) in [4.78, 5) is 29.9. The zero-order valence-electron chi connectivity index (χ0n) is 26.2. The van der Waals surface area contributed by atoms with E-state index in [0.29, 0.717) is 6.54 Å². The maximum absolute atomic E-state index is 14.5. The highest BCUT2D eigenvalue weighted by Crippen LogP contribution is 2.31. The molecule has 46 heavy (non-hydrogen) atoms. The second-order valence-corrected chi connectivity index (χ2v) is 14.0. The van der Waals surface area contributed by atoms with Crippen LogP contribution in [0.1, 0.15) is 42.0 Å². The van der Waals surface area contributed by atoms with E-state index >= 15 is 0 Å². The Bertz CT molecular complexity index is 1730. The number of carbonyl (C=O) groups is 2. The summed E-state index contributed by atoms with van der Waals surface area (Å²) in [5.74, 6) is -0.853. The van der Waals surface area contributed by atoms with Gasteiger partial charge >= 0.3 is 0 Å². The molecule has 0 fully saturated rings. The summed E-state index contributed by atoms with van der Waals surface area (Å²) >= 11 is 12.5. The van der Waals surface area contributed by atoms with Crippen LogP contribution < -0.4 is 9.62 Å². The van der Waals surface area contributed by atoms with E-state index in [0.717, 1.165) is 39.4 Å². The Balaban J connectivity index is 1.80. The van der Waals surface area contributed by atoms with Gasteiger partial charge in [0.25, 0.3) is 10.0 Å². The standard InChI is InChI=1S/C36H39Cl2N3O4S/c1-4-5-21-39-36(43)34(22-28-9-7-6-8-10-28)40(24-29-15-11-26(2)12-16-29)35(42)25-41(30-17-20-32(37)33(38)23-30)46(44,45)31-18-13-27(3)14-19-31/h6-20,23,34H,4-5,21-22,24-25H2,1-3H3,(H,39,43)/t34-/m0/s1. The van der Waals surface area contributed by atoms with Gasteiger partial charge in [-0.2, -0.15) is 0 Å². The molecule has 2 amide bonds. The molecule has 7 nitrogen and oxygen atoms in total.